The lowest BCUT2D eigenvalue weighted by Crippen LogP contribution is -2.25. The lowest BCUT2D eigenvalue weighted by atomic mass is 10.1. The predicted octanol–water partition coefficient (Wildman–Crippen LogP) is 4.18. The van der Waals surface area contributed by atoms with E-state index in [2.05, 4.69) is 22.1 Å². The normalized spacial score (nSPS) is 12.5. The maximum Gasteiger partial charge on any atom is 0.433 e. The first kappa shape index (κ1) is 26.1. The number of rotatable bonds is 7. The molecule has 0 aliphatic rings. The average Bonchev–Trinajstić information content (AvgIpc) is 2.70. The number of carbonyl (C=O) groups excluding carboxylic acids is 1. The van der Waals surface area contributed by atoms with Crippen molar-refractivity contribution in [1.82, 2.24) is 10.3 Å². The number of anilines is 1. The summed E-state index contributed by atoms with van der Waals surface area (Å²) in [6.45, 7) is 3.46. The summed E-state index contributed by atoms with van der Waals surface area (Å²) in [5, 5.41) is 2.54. The number of nitrogens with zero attached hydrogens (tertiary/aromatic N) is 1. The number of hydrogen-bond donors (Lipinski definition) is 2. The van der Waals surface area contributed by atoms with Crippen molar-refractivity contribution in [2.75, 3.05) is 11.0 Å². The molecule has 1 heterocycles. The highest BCUT2D eigenvalue weighted by atomic mass is 32.2. The van der Waals surface area contributed by atoms with Crippen molar-refractivity contribution in [3.05, 3.63) is 58.7 Å². The smallest absolute Gasteiger partial charge is 0.339 e. The number of aryl methyl sites for hydroxylation is 1. The Bertz CT molecular complexity index is 1190. The second-order valence-electron chi connectivity index (χ2n) is 7.35. The zero-order chi connectivity index (χ0) is 24.8. The number of aromatic nitrogens is 1. The van der Waals surface area contributed by atoms with E-state index in [1.807, 2.05) is 11.6 Å². The van der Waals surface area contributed by atoms with Gasteiger partial charge in [-0.3, -0.25) is 9.52 Å². The molecule has 0 fully saturated rings. The second-order valence-corrected chi connectivity index (χ2v) is 9.10. The van der Waals surface area contributed by atoms with Gasteiger partial charge in [0, 0.05) is 11.5 Å². The predicted molar refractivity (Wildman–Crippen MR) is 116 cm³/mol. The lowest BCUT2D eigenvalue weighted by Gasteiger charge is -2.14. The van der Waals surface area contributed by atoms with Gasteiger partial charge in [0.05, 0.1) is 23.7 Å². The maximum absolute atomic E-state index is 14.2. The standard InChI is InChI=1S/C22H23F4N3O3S/c1-4-5-6-18-15(8-11-20(28-18)22(24,25)26)9-12-21(30)27-14(2)16-7-10-19(17(23)13-16)29-33(3,31)32/h7-8,10-11,13-14,29H,4-6H2,1-3H3,(H,27,30). The first-order valence-corrected chi connectivity index (χ1v) is 11.9. The molecule has 0 aliphatic carbocycles. The van der Waals surface area contributed by atoms with E-state index in [1.54, 1.807) is 6.92 Å². The molecular formula is C22H23F4N3O3S. The number of unbranched alkanes of at least 4 members (excludes halogenated alkanes) is 1. The molecule has 0 saturated heterocycles. The molecule has 1 amide bonds. The van der Waals surface area contributed by atoms with Crippen LogP contribution in [-0.4, -0.2) is 25.6 Å². The van der Waals surface area contributed by atoms with Crippen LogP contribution in [0.25, 0.3) is 0 Å². The fourth-order valence-electron chi connectivity index (χ4n) is 2.83. The van der Waals surface area contributed by atoms with Gasteiger partial charge < -0.3 is 5.32 Å². The molecule has 0 aliphatic heterocycles. The van der Waals surface area contributed by atoms with Crippen LogP contribution in [0, 0.1) is 17.7 Å². The summed E-state index contributed by atoms with van der Waals surface area (Å²) in [5.74, 6) is 3.35. The second kappa shape index (κ2) is 10.7. The maximum atomic E-state index is 14.2. The Kier molecular flexibility index (Phi) is 8.44. The molecule has 1 unspecified atom stereocenters. The van der Waals surface area contributed by atoms with Crippen LogP contribution in [0.4, 0.5) is 23.2 Å². The van der Waals surface area contributed by atoms with Gasteiger partial charge in [0.1, 0.15) is 11.5 Å². The third-order valence-corrected chi connectivity index (χ3v) is 5.07. The lowest BCUT2D eigenvalue weighted by molar-refractivity contribution is -0.141. The monoisotopic (exact) mass is 485 g/mol. The fraction of sp³-hybridized carbons (Fsp3) is 0.364. The molecule has 0 radical (unpaired) electrons. The molecule has 6 nitrogen and oxygen atoms in total. The SMILES string of the molecule is CCCCc1nc(C(F)(F)F)ccc1C#CC(=O)NC(C)c1ccc(NS(C)(=O)=O)c(F)c1. The van der Waals surface area contributed by atoms with Gasteiger partial charge in [0.15, 0.2) is 0 Å². The highest BCUT2D eigenvalue weighted by Gasteiger charge is 2.32. The zero-order valence-electron chi connectivity index (χ0n) is 18.2. The molecule has 11 heteroatoms. The third-order valence-electron chi connectivity index (χ3n) is 4.48. The van der Waals surface area contributed by atoms with E-state index in [-0.39, 0.29) is 23.4 Å². The highest BCUT2D eigenvalue weighted by molar-refractivity contribution is 7.92. The van der Waals surface area contributed by atoms with Gasteiger partial charge in [0.2, 0.25) is 10.0 Å². The minimum Gasteiger partial charge on any atom is -0.339 e. The number of pyridine rings is 1. The quantitative estimate of drug-likeness (QED) is 0.455. The summed E-state index contributed by atoms with van der Waals surface area (Å²) in [6.07, 6.45) is -2.04. The van der Waals surface area contributed by atoms with Gasteiger partial charge in [-0.05, 0) is 49.6 Å². The van der Waals surface area contributed by atoms with Crippen LogP contribution in [0.5, 0.6) is 0 Å². The number of sulfonamides is 1. The number of carbonyl (C=O) groups is 1. The van der Waals surface area contributed by atoms with Crippen LogP contribution in [0.3, 0.4) is 0 Å². The Balaban J connectivity index is 2.17. The molecule has 0 spiro atoms. The van der Waals surface area contributed by atoms with Gasteiger partial charge in [-0.2, -0.15) is 13.2 Å². The van der Waals surface area contributed by atoms with Gasteiger partial charge in [0.25, 0.3) is 5.91 Å². The number of amides is 1. The molecule has 1 atom stereocenters. The summed E-state index contributed by atoms with van der Waals surface area (Å²) in [7, 11) is -3.65. The molecule has 0 bridgehead atoms. The highest BCUT2D eigenvalue weighted by Crippen LogP contribution is 2.28. The Morgan fingerprint density at radius 2 is 1.91 bits per heavy atom. The van der Waals surface area contributed by atoms with Crippen LogP contribution in [0.2, 0.25) is 0 Å². The van der Waals surface area contributed by atoms with Crippen LogP contribution >= 0.6 is 0 Å². The number of hydrogen-bond acceptors (Lipinski definition) is 4. The summed E-state index contributed by atoms with van der Waals surface area (Å²) in [6, 6.07) is 5.08. The molecule has 2 N–H and O–H groups in total. The van der Waals surface area contributed by atoms with Gasteiger partial charge >= 0.3 is 6.18 Å². The Morgan fingerprint density at radius 1 is 1.21 bits per heavy atom. The number of alkyl halides is 3. The molecule has 2 aromatic rings. The molecule has 1 aromatic heterocycles. The minimum absolute atomic E-state index is 0.163. The fourth-order valence-corrected chi connectivity index (χ4v) is 3.40. The van der Waals surface area contributed by atoms with Crippen molar-refractivity contribution in [1.29, 1.82) is 0 Å². The number of halogens is 4. The van der Waals surface area contributed by atoms with E-state index >= 15 is 0 Å². The van der Waals surface area contributed by atoms with E-state index in [1.165, 1.54) is 18.2 Å². The van der Waals surface area contributed by atoms with E-state index in [4.69, 9.17) is 0 Å². The Morgan fingerprint density at radius 3 is 2.48 bits per heavy atom. The number of nitrogens with one attached hydrogen (secondary N) is 2. The van der Waals surface area contributed by atoms with E-state index < -0.39 is 39.7 Å². The van der Waals surface area contributed by atoms with Crippen molar-refractivity contribution in [2.24, 2.45) is 0 Å². The molecular weight excluding hydrogens is 462 g/mol. The van der Waals surface area contributed by atoms with Crippen molar-refractivity contribution >= 4 is 21.6 Å². The van der Waals surface area contributed by atoms with Gasteiger partial charge in [-0.25, -0.2) is 17.8 Å². The molecule has 0 saturated carbocycles. The first-order chi connectivity index (χ1) is 15.3. The van der Waals surface area contributed by atoms with Crippen LogP contribution < -0.4 is 10.0 Å². The van der Waals surface area contributed by atoms with Crippen LogP contribution in [0.1, 0.15) is 55.2 Å². The average molecular weight is 486 g/mol. The van der Waals surface area contributed by atoms with Crippen molar-refractivity contribution in [2.45, 2.75) is 45.3 Å². The minimum atomic E-state index is -4.58. The number of benzene rings is 1. The third kappa shape index (κ3) is 8.05. The molecule has 2 rings (SSSR count). The molecule has 33 heavy (non-hydrogen) atoms. The largest absolute Gasteiger partial charge is 0.433 e. The summed E-state index contributed by atoms with van der Waals surface area (Å²) >= 11 is 0. The first-order valence-electron chi connectivity index (χ1n) is 9.97. The topological polar surface area (TPSA) is 88.2 Å². The Labute approximate surface area is 189 Å². The summed E-state index contributed by atoms with van der Waals surface area (Å²) in [5.41, 5.74) is -0.499. The van der Waals surface area contributed by atoms with Crippen LogP contribution in [-0.2, 0) is 27.4 Å². The molecule has 1 aromatic carbocycles. The van der Waals surface area contributed by atoms with Gasteiger partial charge in [-0.1, -0.05) is 25.3 Å². The van der Waals surface area contributed by atoms with Crippen molar-refractivity contribution < 1.29 is 30.8 Å². The van der Waals surface area contributed by atoms with Crippen molar-refractivity contribution in [3.63, 3.8) is 0 Å². The van der Waals surface area contributed by atoms with E-state index in [9.17, 15) is 30.8 Å². The zero-order valence-corrected chi connectivity index (χ0v) is 19.0. The van der Waals surface area contributed by atoms with E-state index in [0.717, 1.165) is 24.8 Å². The Hall–Kier alpha value is -3.13. The van der Waals surface area contributed by atoms with Crippen molar-refractivity contribution in [3.8, 4) is 11.8 Å². The van der Waals surface area contributed by atoms with Crippen LogP contribution in [0.15, 0.2) is 30.3 Å². The van der Waals surface area contributed by atoms with Gasteiger partial charge in [-0.15, -0.1) is 0 Å². The molecule has 178 valence electrons. The summed E-state index contributed by atoms with van der Waals surface area (Å²) < 4.78 is 77.5. The summed E-state index contributed by atoms with van der Waals surface area (Å²) in [4.78, 5) is 15.9. The van der Waals surface area contributed by atoms with E-state index in [0.29, 0.717) is 12.0 Å².